The molecule has 2 aromatic rings. The van der Waals surface area contributed by atoms with E-state index in [1.54, 1.807) is 23.5 Å². The first-order chi connectivity index (χ1) is 13.7. The van der Waals surface area contributed by atoms with Gasteiger partial charge in [0.25, 0.3) is 0 Å². The molecular weight excluding hydrogens is 394 g/mol. The number of thioether (sulfide) groups is 1. The summed E-state index contributed by atoms with van der Waals surface area (Å²) in [5, 5.41) is 0. The fourth-order valence-electron chi connectivity index (χ4n) is 2.76. The molecule has 0 fully saturated rings. The van der Waals surface area contributed by atoms with E-state index in [1.807, 2.05) is 42.5 Å². The molecule has 1 aliphatic carbocycles. The fraction of sp³-hybridized carbons (Fsp3) is 0.190. The van der Waals surface area contributed by atoms with Gasteiger partial charge < -0.3 is 9.47 Å². The Kier molecular flexibility index (Phi) is 5.60. The highest BCUT2D eigenvalue weighted by atomic mass is 32.2. The zero-order valence-electron chi connectivity index (χ0n) is 14.7. The number of carbonyl (C=O) groups is 2. The maximum absolute atomic E-state index is 12.1. The van der Waals surface area contributed by atoms with Crippen LogP contribution < -0.4 is 0 Å². The molecule has 28 heavy (non-hydrogen) atoms. The average molecular weight is 409 g/mol. The number of rotatable bonds is 4. The molecule has 0 spiro atoms. The van der Waals surface area contributed by atoms with Crippen LogP contribution in [0.25, 0.3) is 10.2 Å². The molecule has 0 saturated carbocycles. The number of hydrogen-bond acceptors (Lipinski definition) is 7. The van der Waals surface area contributed by atoms with Gasteiger partial charge in [-0.15, -0.1) is 11.3 Å². The predicted molar refractivity (Wildman–Crippen MR) is 109 cm³/mol. The van der Waals surface area contributed by atoms with E-state index < -0.39 is 11.9 Å². The first kappa shape index (κ1) is 18.5. The molecule has 4 rings (SSSR count). The highest BCUT2D eigenvalue weighted by Gasteiger charge is 2.33. The van der Waals surface area contributed by atoms with E-state index >= 15 is 0 Å². The Bertz CT molecular complexity index is 1040. The number of aromatic nitrogens is 1. The van der Waals surface area contributed by atoms with Crippen LogP contribution in [-0.2, 0) is 19.1 Å². The number of benzene rings is 1. The van der Waals surface area contributed by atoms with E-state index in [-0.39, 0.29) is 24.2 Å². The zero-order valence-corrected chi connectivity index (χ0v) is 16.3. The number of ether oxygens (including phenoxy) is 2. The van der Waals surface area contributed by atoms with Crippen molar-refractivity contribution < 1.29 is 19.1 Å². The van der Waals surface area contributed by atoms with Gasteiger partial charge in [0.05, 0.1) is 16.0 Å². The van der Waals surface area contributed by atoms with E-state index in [2.05, 4.69) is 16.8 Å². The van der Waals surface area contributed by atoms with Crippen LogP contribution >= 0.6 is 23.1 Å². The normalized spacial score (nSPS) is 20.0. The second kappa shape index (κ2) is 8.46. The Hall–Kier alpha value is -2.82. The fourth-order valence-corrected chi connectivity index (χ4v) is 4.60. The summed E-state index contributed by atoms with van der Waals surface area (Å²) < 4.78 is 12.4. The summed E-state index contributed by atoms with van der Waals surface area (Å²) in [4.78, 5) is 28.6. The summed E-state index contributed by atoms with van der Waals surface area (Å²) in [7, 11) is 0. The molecule has 0 saturated heterocycles. The number of nitrogens with zero attached hydrogens (tertiary/aromatic N) is 1. The van der Waals surface area contributed by atoms with Gasteiger partial charge in [0.15, 0.2) is 10.9 Å². The number of para-hydroxylation sites is 1. The van der Waals surface area contributed by atoms with Crippen LogP contribution in [0.1, 0.15) is 0 Å². The van der Waals surface area contributed by atoms with E-state index in [4.69, 9.17) is 9.47 Å². The third-order valence-corrected chi connectivity index (χ3v) is 6.17. The van der Waals surface area contributed by atoms with Crippen molar-refractivity contribution >= 4 is 45.3 Å². The Morgan fingerprint density at radius 1 is 1.25 bits per heavy atom. The molecule has 7 heteroatoms. The summed E-state index contributed by atoms with van der Waals surface area (Å²) in [5.41, 5.74) is 0.905. The second-order valence-corrected chi connectivity index (χ2v) is 8.22. The number of hydrogen-bond donors (Lipinski definition) is 0. The number of allylic oxidation sites excluding steroid dienone is 2. The zero-order chi connectivity index (χ0) is 19.3. The maximum Gasteiger partial charge on any atom is 0.346 e. The van der Waals surface area contributed by atoms with Crippen LogP contribution in [0, 0.1) is 17.8 Å². The van der Waals surface area contributed by atoms with Gasteiger partial charge >= 0.3 is 11.9 Å². The van der Waals surface area contributed by atoms with Crippen molar-refractivity contribution in [3.8, 4) is 11.8 Å². The van der Waals surface area contributed by atoms with Crippen molar-refractivity contribution in [1.29, 1.82) is 0 Å². The molecule has 1 aromatic heterocycles. The van der Waals surface area contributed by atoms with Gasteiger partial charge in [0.1, 0.15) is 11.7 Å². The average Bonchev–Trinajstić information content (AvgIpc) is 3.12. The molecule has 2 heterocycles. The smallest absolute Gasteiger partial charge is 0.346 e. The van der Waals surface area contributed by atoms with Crippen molar-refractivity contribution in [2.45, 2.75) is 10.4 Å². The highest BCUT2D eigenvalue weighted by molar-refractivity contribution is 8.01. The van der Waals surface area contributed by atoms with Crippen LogP contribution in [0.2, 0.25) is 0 Å². The molecular formula is C21H15NO4S2. The Morgan fingerprint density at radius 2 is 2.11 bits per heavy atom. The van der Waals surface area contributed by atoms with E-state index in [0.717, 1.165) is 14.6 Å². The molecule has 0 unspecified atom stereocenters. The van der Waals surface area contributed by atoms with Gasteiger partial charge in [-0.1, -0.05) is 60.0 Å². The molecule has 0 amide bonds. The second-order valence-electron chi connectivity index (χ2n) is 5.96. The summed E-state index contributed by atoms with van der Waals surface area (Å²) in [6.07, 6.45) is 8.57. The van der Waals surface area contributed by atoms with Gasteiger partial charge in [-0.25, -0.2) is 14.6 Å². The van der Waals surface area contributed by atoms with Crippen molar-refractivity contribution in [2.24, 2.45) is 5.92 Å². The lowest BCUT2D eigenvalue weighted by molar-refractivity contribution is -0.150. The van der Waals surface area contributed by atoms with E-state index in [1.165, 1.54) is 11.8 Å². The van der Waals surface area contributed by atoms with Crippen LogP contribution in [-0.4, -0.2) is 35.4 Å². The first-order valence-corrected chi connectivity index (χ1v) is 10.4. The first-order valence-electron chi connectivity index (χ1n) is 8.60. The van der Waals surface area contributed by atoms with E-state index in [9.17, 15) is 9.59 Å². The highest BCUT2D eigenvalue weighted by Crippen LogP contribution is 2.29. The van der Waals surface area contributed by atoms with E-state index in [0.29, 0.717) is 5.75 Å². The molecule has 0 radical (unpaired) electrons. The Labute approximate surface area is 170 Å². The lowest BCUT2D eigenvalue weighted by Crippen LogP contribution is -2.33. The number of fused-ring (bicyclic) bond motifs is 2. The van der Waals surface area contributed by atoms with Crippen molar-refractivity contribution in [3.05, 3.63) is 60.2 Å². The molecule has 5 nitrogen and oxygen atoms in total. The molecule has 1 aliphatic heterocycles. The molecule has 0 bridgehead atoms. The Morgan fingerprint density at radius 3 is 3.00 bits per heavy atom. The molecule has 1 aromatic carbocycles. The molecule has 140 valence electrons. The summed E-state index contributed by atoms with van der Waals surface area (Å²) in [6.45, 7) is -0.0757. The number of esters is 2. The monoisotopic (exact) mass is 409 g/mol. The number of thiazole rings is 1. The Balaban J connectivity index is 1.26. The standard InChI is InChI=1S/C21H15NO4S2/c23-19(15-13-14-7-1-3-9-17(14)26-20(15)24)25-11-5-6-12-27-21-22-16-8-2-4-10-18(16)28-21/h1-4,7-10,13-14,17H,11-12H2/t14-,17+/m0/s1. The van der Waals surface area contributed by atoms with Crippen LogP contribution in [0.5, 0.6) is 0 Å². The van der Waals surface area contributed by atoms with Crippen molar-refractivity contribution in [3.63, 3.8) is 0 Å². The third-order valence-electron chi connectivity index (χ3n) is 4.11. The maximum atomic E-state index is 12.1. The topological polar surface area (TPSA) is 65.5 Å². The van der Waals surface area contributed by atoms with Gasteiger partial charge in [0, 0.05) is 5.92 Å². The minimum atomic E-state index is -0.709. The minimum Gasteiger partial charge on any atom is -0.453 e. The summed E-state index contributed by atoms with van der Waals surface area (Å²) in [5.74, 6) is 4.77. The summed E-state index contributed by atoms with van der Waals surface area (Å²) >= 11 is 3.16. The van der Waals surface area contributed by atoms with Gasteiger partial charge in [-0.05, 0) is 18.2 Å². The largest absolute Gasteiger partial charge is 0.453 e. The quantitative estimate of drug-likeness (QED) is 0.333. The third kappa shape index (κ3) is 4.19. The SMILES string of the molecule is O=C(OCC#CCSc1nc2ccccc2s1)C1=C[C@@H]2C=CC=C[C@H]2OC1=O. The minimum absolute atomic E-state index is 0.0757. The van der Waals surface area contributed by atoms with Crippen LogP contribution in [0.4, 0.5) is 0 Å². The van der Waals surface area contributed by atoms with Gasteiger partial charge in [-0.3, -0.25) is 0 Å². The van der Waals surface area contributed by atoms with Crippen molar-refractivity contribution in [2.75, 3.05) is 12.4 Å². The van der Waals surface area contributed by atoms with Gasteiger partial charge in [0.2, 0.25) is 0 Å². The van der Waals surface area contributed by atoms with Crippen molar-refractivity contribution in [1.82, 2.24) is 4.98 Å². The lowest BCUT2D eigenvalue weighted by atomic mass is 9.93. The van der Waals surface area contributed by atoms with Gasteiger partial charge in [-0.2, -0.15) is 0 Å². The molecule has 2 aliphatic rings. The number of carbonyl (C=O) groups excluding carboxylic acids is 2. The molecule has 0 N–H and O–H groups in total. The summed E-state index contributed by atoms with van der Waals surface area (Å²) in [6, 6.07) is 7.97. The predicted octanol–water partition coefficient (Wildman–Crippen LogP) is 3.53. The van der Waals surface area contributed by atoms with Crippen LogP contribution in [0.15, 0.2) is 64.6 Å². The molecule has 2 atom stereocenters. The van der Waals surface area contributed by atoms with Crippen LogP contribution in [0.3, 0.4) is 0 Å². The lowest BCUT2D eigenvalue weighted by Gasteiger charge is -2.26.